The SMILES string of the molecule is COc1cc2c(cc1OC)[C@H](c1cc3cc(C)c(C)cc3[nH]c1=O)N(C(=O)C1CC1)CC2. The maximum Gasteiger partial charge on any atom is 0.254 e. The number of amides is 1. The van der Waals surface area contributed by atoms with Crippen LogP contribution >= 0.6 is 0 Å². The second-order valence-electron chi connectivity index (χ2n) is 8.94. The van der Waals surface area contributed by atoms with Crippen molar-refractivity contribution < 1.29 is 14.3 Å². The average Bonchev–Trinajstić information content (AvgIpc) is 3.63. The summed E-state index contributed by atoms with van der Waals surface area (Å²) in [5, 5.41) is 0.967. The third-order valence-electron chi connectivity index (χ3n) is 6.87. The summed E-state index contributed by atoms with van der Waals surface area (Å²) in [4.78, 5) is 31.5. The topological polar surface area (TPSA) is 71.6 Å². The van der Waals surface area contributed by atoms with E-state index in [-0.39, 0.29) is 17.4 Å². The Kier molecular flexibility index (Phi) is 4.96. The molecule has 0 radical (unpaired) electrons. The molecule has 0 unspecified atom stereocenters. The van der Waals surface area contributed by atoms with E-state index in [2.05, 4.69) is 18.0 Å². The molecule has 1 amide bonds. The Bertz CT molecular complexity index is 1290. The molecule has 6 heteroatoms. The molecule has 1 aliphatic heterocycles. The highest BCUT2D eigenvalue weighted by molar-refractivity contribution is 5.84. The number of benzene rings is 2. The number of hydrogen-bond donors (Lipinski definition) is 1. The fourth-order valence-electron chi connectivity index (χ4n) is 4.78. The molecule has 2 aliphatic rings. The van der Waals surface area contributed by atoms with Gasteiger partial charge in [0.05, 0.1) is 20.3 Å². The molecule has 1 aromatic heterocycles. The number of carbonyl (C=O) groups is 1. The third-order valence-corrected chi connectivity index (χ3v) is 6.87. The molecular formula is C26H28N2O4. The Balaban J connectivity index is 1.73. The zero-order valence-electron chi connectivity index (χ0n) is 19.0. The Morgan fingerprint density at radius 1 is 0.969 bits per heavy atom. The molecule has 0 bridgehead atoms. The number of pyridine rings is 1. The Labute approximate surface area is 187 Å². The molecule has 1 aliphatic carbocycles. The van der Waals surface area contributed by atoms with Gasteiger partial charge in [-0.05, 0) is 91.1 Å². The molecule has 1 fully saturated rings. The first-order valence-electron chi connectivity index (χ1n) is 11.1. The van der Waals surface area contributed by atoms with Gasteiger partial charge in [-0.1, -0.05) is 0 Å². The number of H-pyrrole nitrogens is 1. The monoisotopic (exact) mass is 432 g/mol. The van der Waals surface area contributed by atoms with Crippen molar-refractivity contribution in [3.8, 4) is 11.5 Å². The minimum Gasteiger partial charge on any atom is -0.493 e. The van der Waals surface area contributed by atoms with Crippen molar-refractivity contribution in [2.24, 2.45) is 5.92 Å². The fourth-order valence-corrected chi connectivity index (χ4v) is 4.78. The van der Waals surface area contributed by atoms with Gasteiger partial charge in [-0.25, -0.2) is 0 Å². The number of aryl methyl sites for hydroxylation is 2. The van der Waals surface area contributed by atoms with Crippen LogP contribution in [0.3, 0.4) is 0 Å². The standard InChI is InChI=1S/C26H28N2O4/c1-14-9-18-11-20(25(29)27-21(18)10-15(14)2)24-19-13-23(32-4)22(31-3)12-17(19)7-8-28(24)26(30)16-5-6-16/h9-13,16,24H,5-8H2,1-4H3,(H,27,29)/t24-/m1/s1. The van der Waals surface area contributed by atoms with Gasteiger partial charge in [0.2, 0.25) is 5.91 Å². The number of aromatic amines is 1. The second-order valence-corrected chi connectivity index (χ2v) is 8.94. The van der Waals surface area contributed by atoms with Crippen LogP contribution in [0.1, 0.15) is 46.7 Å². The maximum absolute atomic E-state index is 13.3. The van der Waals surface area contributed by atoms with E-state index in [4.69, 9.17) is 9.47 Å². The molecule has 1 saturated carbocycles. The second kappa shape index (κ2) is 7.69. The van der Waals surface area contributed by atoms with Crippen LogP contribution in [0.5, 0.6) is 11.5 Å². The number of hydrogen-bond acceptors (Lipinski definition) is 4. The Hall–Kier alpha value is -3.28. The van der Waals surface area contributed by atoms with Crippen molar-refractivity contribution >= 4 is 16.8 Å². The van der Waals surface area contributed by atoms with Gasteiger partial charge in [-0.2, -0.15) is 0 Å². The van der Waals surface area contributed by atoms with Gasteiger partial charge in [0, 0.05) is 23.5 Å². The largest absolute Gasteiger partial charge is 0.493 e. The lowest BCUT2D eigenvalue weighted by Gasteiger charge is -2.38. The van der Waals surface area contributed by atoms with Crippen molar-refractivity contribution in [3.63, 3.8) is 0 Å². The normalized spacial score (nSPS) is 17.9. The highest BCUT2D eigenvalue weighted by Gasteiger charge is 2.40. The maximum atomic E-state index is 13.3. The summed E-state index contributed by atoms with van der Waals surface area (Å²) in [5.74, 6) is 1.46. The summed E-state index contributed by atoms with van der Waals surface area (Å²) in [6.07, 6.45) is 2.56. The number of nitrogens with zero attached hydrogens (tertiary/aromatic N) is 1. The van der Waals surface area contributed by atoms with Crippen molar-refractivity contribution in [1.29, 1.82) is 0 Å². The molecule has 6 nitrogen and oxygen atoms in total. The number of carbonyl (C=O) groups excluding carboxylic acids is 1. The van der Waals surface area contributed by atoms with Crippen LogP contribution in [0, 0.1) is 19.8 Å². The molecule has 0 saturated heterocycles. The van der Waals surface area contributed by atoms with Crippen molar-refractivity contribution in [3.05, 3.63) is 68.5 Å². The molecule has 166 valence electrons. The summed E-state index contributed by atoms with van der Waals surface area (Å²) in [7, 11) is 3.22. The van der Waals surface area contributed by atoms with Crippen LogP contribution in [0.2, 0.25) is 0 Å². The molecule has 1 N–H and O–H groups in total. The number of rotatable bonds is 4. The van der Waals surface area contributed by atoms with Gasteiger partial charge in [-0.3, -0.25) is 9.59 Å². The van der Waals surface area contributed by atoms with Crippen LogP contribution in [0.15, 0.2) is 35.1 Å². The quantitative estimate of drug-likeness (QED) is 0.675. The minimum atomic E-state index is -0.457. The number of ether oxygens (including phenoxy) is 2. The fraction of sp³-hybridized carbons (Fsp3) is 0.385. The molecule has 2 heterocycles. The Morgan fingerprint density at radius 3 is 2.34 bits per heavy atom. The number of aromatic nitrogens is 1. The minimum absolute atomic E-state index is 0.0728. The van der Waals surface area contributed by atoms with Crippen molar-refractivity contribution in [1.82, 2.24) is 9.88 Å². The van der Waals surface area contributed by atoms with E-state index in [1.54, 1.807) is 14.2 Å². The highest BCUT2D eigenvalue weighted by atomic mass is 16.5. The molecule has 32 heavy (non-hydrogen) atoms. The number of nitrogens with one attached hydrogen (secondary N) is 1. The van der Waals surface area contributed by atoms with E-state index < -0.39 is 6.04 Å². The van der Waals surface area contributed by atoms with Gasteiger partial charge >= 0.3 is 0 Å². The van der Waals surface area contributed by atoms with Gasteiger partial charge in [0.1, 0.15) is 0 Å². The summed E-state index contributed by atoms with van der Waals surface area (Å²) >= 11 is 0. The summed E-state index contributed by atoms with van der Waals surface area (Å²) in [6.45, 7) is 4.68. The van der Waals surface area contributed by atoms with Gasteiger partial charge < -0.3 is 19.4 Å². The molecule has 1 atom stereocenters. The molecule has 2 aromatic carbocycles. The third kappa shape index (κ3) is 3.34. The van der Waals surface area contributed by atoms with Gasteiger partial charge in [0.25, 0.3) is 5.56 Å². The van der Waals surface area contributed by atoms with E-state index >= 15 is 0 Å². The van der Waals surface area contributed by atoms with E-state index in [1.807, 2.05) is 36.1 Å². The lowest BCUT2D eigenvalue weighted by atomic mass is 9.87. The van der Waals surface area contributed by atoms with E-state index in [1.165, 1.54) is 0 Å². The van der Waals surface area contributed by atoms with E-state index in [0.29, 0.717) is 30.0 Å². The van der Waals surface area contributed by atoms with E-state index in [0.717, 1.165) is 46.0 Å². The molecule has 0 spiro atoms. The van der Waals surface area contributed by atoms with Crippen LogP contribution < -0.4 is 15.0 Å². The van der Waals surface area contributed by atoms with Crippen molar-refractivity contribution in [2.45, 2.75) is 39.2 Å². The molecule has 5 rings (SSSR count). The zero-order chi connectivity index (χ0) is 22.6. The molecule has 3 aromatic rings. The summed E-state index contributed by atoms with van der Waals surface area (Å²) in [6, 6.07) is 9.49. The summed E-state index contributed by atoms with van der Waals surface area (Å²) in [5.41, 5.74) is 5.53. The van der Waals surface area contributed by atoms with Crippen LogP contribution in [0.25, 0.3) is 10.9 Å². The van der Waals surface area contributed by atoms with Crippen LogP contribution in [0.4, 0.5) is 0 Å². The first-order chi connectivity index (χ1) is 15.4. The number of fused-ring (bicyclic) bond motifs is 2. The van der Waals surface area contributed by atoms with Crippen LogP contribution in [-0.4, -0.2) is 36.6 Å². The lowest BCUT2D eigenvalue weighted by Crippen LogP contribution is -2.43. The smallest absolute Gasteiger partial charge is 0.254 e. The van der Waals surface area contributed by atoms with E-state index in [9.17, 15) is 9.59 Å². The highest BCUT2D eigenvalue weighted by Crippen LogP contribution is 2.43. The first-order valence-corrected chi connectivity index (χ1v) is 11.1. The predicted molar refractivity (Wildman–Crippen MR) is 124 cm³/mol. The van der Waals surface area contributed by atoms with Gasteiger partial charge in [-0.15, -0.1) is 0 Å². The predicted octanol–water partition coefficient (Wildman–Crippen LogP) is 4.05. The Morgan fingerprint density at radius 2 is 1.66 bits per heavy atom. The average molecular weight is 433 g/mol. The molecular weight excluding hydrogens is 404 g/mol. The van der Waals surface area contributed by atoms with Crippen molar-refractivity contribution in [2.75, 3.05) is 20.8 Å². The number of methoxy groups -OCH3 is 2. The summed E-state index contributed by atoms with van der Waals surface area (Å²) < 4.78 is 11.1. The van der Waals surface area contributed by atoms with Crippen LogP contribution in [-0.2, 0) is 11.2 Å². The zero-order valence-corrected chi connectivity index (χ0v) is 19.0. The lowest BCUT2D eigenvalue weighted by molar-refractivity contribution is -0.134. The first kappa shape index (κ1) is 20.6. The van der Waals surface area contributed by atoms with Gasteiger partial charge in [0.15, 0.2) is 11.5 Å².